The Morgan fingerprint density at radius 3 is 1.68 bits per heavy atom. The maximum absolute atomic E-state index is 2.41. The summed E-state index contributed by atoms with van der Waals surface area (Å²) in [4.78, 5) is 2.39. The maximum atomic E-state index is 2.41. The average molecular weight is 755 g/mol. The van der Waals surface area contributed by atoms with E-state index in [0.29, 0.717) is 0 Å². The van der Waals surface area contributed by atoms with Crippen LogP contribution in [0, 0.1) is 0 Å². The molecule has 10 aromatic rings. The fraction of sp³-hybridized carbons (Fsp3) is 0.0526. The molecule has 0 N–H and O–H groups in total. The molecule has 0 saturated heterocycles. The third kappa shape index (κ3) is 5.87. The van der Waals surface area contributed by atoms with Gasteiger partial charge in [-0.2, -0.15) is 0 Å². The van der Waals surface area contributed by atoms with E-state index in [1.807, 2.05) is 0 Å². The van der Waals surface area contributed by atoms with Gasteiger partial charge in [0.25, 0.3) is 0 Å². The fourth-order valence-electron chi connectivity index (χ4n) is 9.42. The molecule has 0 bridgehead atoms. The van der Waals surface area contributed by atoms with E-state index < -0.39 is 0 Å². The first kappa shape index (κ1) is 34.8. The molecule has 280 valence electrons. The summed E-state index contributed by atoms with van der Waals surface area (Å²) in [5.74, 6) is 0. The molecule has 0 unspecified atom stereocenters. The predicted molar refractivity (Wildman–Crippen MR) is 249 cm³/mol. The van der Waals surface area contributed by atoms with Crippen LogP contribution in [0.25, 0.3) is 72.0 Å². The third-order valence-corrected chi connectivity index (χ3v) is 12.4. The summed E-state index contributed by atoms with van der Waals surface area (Å²) in [7, 11) is 0. The van der Waals surface area contributed by atoms with Crippen LogP contribution in [0.2, 0.25) is 0 Å². The SMILES string of the molecule is CC1(C)c2ccccc2-c2ccc(N(c3ccccc3)c3cccc(-c4cccc(-c5ccc6c(c5)c5ccccc5n6-c5ccc(-c6ccccc6)cc5)c4)c3)cc21. The number of fused-ring (bicyclic) bond motifs is 6. The van der Waals surface area contributed by atoms with Crippen molar-refractivity contribution in [3.05, 3.63) is 230 Å². The van der Waals surface area contributed by atoms with E-state index in [2.05, 4.69) is 242 Å². The second kappa shape index (κ2) is 13.9. The van der Waals surface area contributed by atoms with Crippen molar-refractivity contribution >= 4 is 38.9 Å². The second-order valence-corrected chi connectivity index (χ2v) is 16.2. The van der Waals surface area contributed by atoms with E-state index in [1.165, 1.54) is 77.4 Å². The summed E-state index contributed by atoms with van der Waals surface area (Å²) in [5.41, 5.74) is 19.5. The van der Waals surface area contributed by atoms with Gasteiger partial charge < -0.3 is 9.47 Å². The van der Waals surface area contributed by atoms with E-state index >= 15 is 0 Å². The molecule has 0 atom stereocenters. The highest BCUT2D eigenvalue weighted by Gasteiger charge is 2.35. The van der Waals surface area contributed by atoms with Crippen molar-refractivity contribution in [2.45, 2.75) is 19.3 Å². The first-order valence-electron chi connectivity index (χ1n) is 20.5. The van der Waals surface area contributed by atoms with Crippen molar-refractivity contribution in [3.8, 4) is 50.2 Å². The molecule has 11 rings (SSSR count). The summed E-state index contributed by atoms with van der Waals surface area (Å²) in [6.07, 6.45) is 0. The highest BCUT2D eigenvalue weighted by atomic mass is 15.1. The first-order valence-corrected chi connectivity index (χ1v) is 20.5. The Morgan fingerprint density at radius 1 is 0.339 bits per heavy atom. The Hall–Kier alpha value is -7.42. The minimum atomic E-state index is -0.0847. The monoisotopic (exact) mass is 754 g/mol. The molecule has 0 fully saturated rings. The van der Waals surface area contributed by atoms with Crippen molar-refractivity contribution in [2.75, 3.05) is 4.90 Å². The van der Waals surface area contributed by atoms with E-state index in [-0.39, 0.29) is 5.41 Å². The van der Waals surface area contributed by atoms with Gasteiger partial charge in [0.1, 0.15) is 0 Å². The fourth-order valence-corrected chi connectivity index (χ4v) is 9.42. The number of nitrogens with zero attached hydrogens (tertiary/aromatic N) is 2. The lowest BCUT2D eigenvalue weighted by Crippen LogP contribution is -2.16. The first-order chi connectivity index (χ1) is 29.0. The molecule has 0 saturated carbocycles. The number of para-hydroxylation sites is 2. The van der Waals surface area contributed by atoms with Gasteiger partial charge in [-0.1, -0.05) is 159 Å². The zero-order valence-electron chi connectivity index (χ0n) is 33.2. The highest BCUT2D eigenvalue weighted by molar-refractivity contribution is 6.10. The smallest absolute Gasteiger partial charge is 0.0541 e. The van der Waals surface area contributed by atoms with Crippen LogP contribution in [0.15, 0.2) is 218 Å². The lowest BCUT2D eigenvalue weighted by Gasteiger charge is -2.28. The normalized spacial score (nSPS) is 12.7. The van der Waals surface area contributed by atoms with Crippen molar-refractivity contribution < 1.29 is 0 Å². The minimum Gasteiger partial charge on any atom is -0.310 e. The summed E-state index contributed by atoms with van der Waals surface area (Å²) < 4.78 is 2.39. The third-order valence-electron chi connectivity index (χ3n) is 12.4. The standard InChI is InChI=1S/C57H42N2/c1-57(2)53-25-11-9-23-49(53)50-33-32-48(38-54(50)57)58(45-20-7-4-8-21-45)47-22-14-19-43(36-47)41-17-13-18-42(35-41)44-29-34-56-52(37-44)51-24-10-12-26-55(51)59(56)46-30-27-40(28-31-46)39-15-5-3-6-16-39/h3-38H,1-2H3. The van der Waals surface area contributed by atoms with Gasteiger partial charge in [-0.05, 0) is 128 Å². The maximum Gasteiger partial charge on any atom is 0.0541 e. The molecule has 1 aliphatic carbocycles. The van der Waals surface area contributed by atoms with E-state index in [4.69, 9.17) is 0 Å². The Morgan fingerprint density at radius 2 is 0.881 bits per heavy atom. The topological polar surface area (TPSA) is 8.17 Å². The van der Waals surface area contributed by atoms with Crippen LogP contribution in [0.5, 0.6) is 0 Å². The van der Waals surface area contributed by atoms with Crippen LogP contribution in [-0.4, -0.2) is 4.57 Å². The van der Waals surface area contributed by atoms with Crippen molar-refractivity contribution in [1.29, 1.82) is 0 Å². The highest BCUT2D eigenvalue weighted by Crippen LogP contribution is 2.50. The summed E-state index contributed by atoms with van der Waals surface area (Å²) in [6, 6.07) is 79.8. The van der Waals surface area contributed by atoms with Gasteiger partial charge in [0.15, 0.2) is 0 Å². The summed E-state index contributed by atoms with van der Waals surface area (Å²) in [6.45, 7) is 4.70. The van der Waals surface area contributed by atoms with Crippen molar-refractivity contribution in [2.24, 2.45) is 0 Å². The van der Waals surface area contributed by atoms with E-state index in [9.17, 15) is 0 Å². The van der Waals surface area contributed by atoms with Gasteiger partial charge in [0.05, 0.1) is 11.0 Å². The van der Waals surface area contributed by atoms with Gasteiger partial charge in [0.2, 0.25) is 0 Å². The van der Waals surface area contributed by atoms with Crippen LogP contribution in [0.3, 0.4) is 0 Å². The molecule has 1 aromatic heterocycles. The minimum absolute atomic E-state index is 0.0847. The molecular weight excluding hydrogens is 713 g/mol. The molecule has 0 aliphatic heterocycles. The van der Waals surface area contributed by atoms with Crippen LogP contribution in [0.1, 0.15) is 25.0 Å². The quantitative estimate of drug-likeness (QED) is 0.157. The lowest BCUT2D eigenvalue weighted by atomic mass is 9.82. The molecule has 59 heavy (non-hydrogen) atoms. The van der Waals surface area contributed by atoms with Crippen molar-refractivity contribution in [3.63, 3.8) is 0 Å². The molecule has 2 heteroatoms. The Kier molecular flexibility index (Phi) is 8.20. The zero-order chi connectivity index (χ0) is 39.5. The number of benzene rings is 9. The largest absolute Gasteiger partial charge is 0.310 e. The molecule has 2 nitrogen and oxygen atoms in total. The van der Waals surface area contributed by atoms with Gasteiger partial charge in [-0.15, -0.1) is 0 Å². The Labute approximate surface area is 345 Å². The molecule has 0 spiro atoms. The average Bonchev–Trinajstić information content (AvgIpc) is 3.75. The Balaban J connectivity index is 0.965. The second-order valence-electron chi connectivity index (χ2n) is 16.2. The molecular formula is C57H42N2. The number of anilines is 3. The molecule has 1 aliphatic rings. The zero-order valence-corrected chi connectivity index (χ0v) is 33.2. The van der Waals surface area contributed by atoms with Gasteiger partial charge in [0, 0.05) is 38.9 Å². The number of hydrogen-bond acceptors (Lipinski definition) is 1. The van der Waals surface area contributed by atoms with Gasteiger partial charge >= 0.3 is 0 Å². The van der Waals surface area contributed by atoms with Crippen molar-refractivity contribution in [1.82, 2.24) is 4.57 Å². The summed E-state index contributed by atoms with van der Waals surface area (Å²) >= 11 is 0. The molecule has 1 heterocycles. The van der Waals surface area contributed by atoms with Crippen LogP contribution >= 0.6 is 0 Å². The Bertz CT molecular complexity index is 3170. The van der Waals surface area contributed by atoms with E-state index in [0.717, 1.165) is 22.7 Å². The number of hydrogen-bond donors (Lipinski definition) is 0. The number of rotatable bonds is 7. The number of aromatic nitrogens is 1. The van der Waals surface area contributed by atoms with Crippen LogP contribution < -0.4 is 4.90 Å². The molecule has 0 amide bonds. The summed E-state index contributed by atoms with van der Waals surface area (Å²) in [5, 5.41) is 2.50. The van der Waals surface area contributed by atoms with E-state index in [1.54, 1.807) is 0 Å². The molecule has 9 aromatic carbocycles. The molecule has 0 radical (unpaired) electrons. The lowest BCUT2D eigenvalue weighted by molar-refractivity contribution is 0.660. The predicted octanol–water partition coefficient (Wildman–Crippen LogP) is 15.6. The van der Waals surface area contributed by atoms with Gasteiger partial charge in [-0.3, -0.25) is 0 Å². The van der Waals surface area contributed by atoms with Crippen LogP contribution in [0.4, 0.5) is 17.1 Å². The van der Waals surface area contributed by atoms with Crippen LogP contribution in [-0.2, 0) is 5.41 Å². The van der Waals surface area contributed by atoms with Gasteiger partial charge in [-0.25, -0.2) is 0 Å².